The zero-order valence-corrected chi connectivity index (χ0v) is 12.1. The van der Waals surface area contributed by atoms with E-state index in [1.165, 1.54) is 7.11 Å². The van der Waals surface area contributed by atoms with Gasteiger partial charge in [-0.2, -0.15) is 0 Å². The summed E-state index contributed by atoms with van der Waals surface area (Å²) in [5.74, 6) is 0.345. The summed E-state index contributed by atoms with van der Waals surface area (Å²) < 4.78 is 10.3. The summed E-state index contributed by atoms with van der Waals surface area (Å²) in [6.45, 7) is 2.11. The molecule has 21 heavy (non-hydrogen) atoms. The molecule has 2 aromatic carbocycles. The average molecular weight is 286 g/mol. The molecular formula is C17H18O4. The number of ether oxygens (including phenoxy) is 2. The Kier molecular flexibility index (Phi) is 4.95. The van der Waals surface area contributed by atoms with Crippen molar-refractivity contribution in [3.8, 4) is 5.75 Å². The SMILES string of the molecule is COC(=O)c1ccc(COc2cccc([C@@H](C)O)c2)cc1. The molecule has 0 bridgehead atoms. The van der Waals surface area contributed by atoms with Gasteiger partial charge in [-0.25, -0.2) is 4.79 Å². The van der Waals surface area contributed by atoms with Gasteiger partial charge in [-0.3, -0.25) is 0 Å². The fraction of sp³-hybridized carbons (Fsp3) is 0.235. The minimum atomic E-state index is -0.520. The van der Waals surface area contributed by atoms with E-state index in [0.29, 0.717) is 17.9 Å². The van der Waals surface area contributed by atoms with Crippen LogP contribution >= 0.6 is 0 Å². The molecule has 0 unspecified atom stereocenters. The standard InChI is InChI=1S/C17H18O4/c1-12(18)15-4-3-5-16(10-15)21-11-13-6-8-14(9-7-13)17(19)20-2/h3-10,12,18H,11H2,1-2H3/t12-/m1/s1. The lowest BCUT2D eigenvalue weighted by atomic mass is 10.1. The molecule has 0 aromatic heterocycles. The van der Waals surface area contributed by atoms with Gasteiger partial charge in [0.25, 0.3) is 0 Å². The molecule has 4 nitrogen and oxygen atoms in total. The molecule has 0 amide bonds. The van der Waals surface area contributed by atoms with Gasteiger partial charge in [-0.1, -0.05) is 24.3 Å². The Hall–Kier alpha value is -2.33. The third kappa shape index (κ3) is 4.07. The summed E-state index contributed by atoms with van der Waals surface area (Å²) in [4.78, 5) is 11.3. The van der Waals surface area contributed by atoms with Gasteiger partial charge in [0.05, 0.1) is 18.8 Å². The summed E-state index contributed by atoms with van der Waals surface area (Å²) >= 11 is 0. The maximum atomic E-state index is 11.3. The maximum absolute atomic E-state index is 11.3. The lowest BCUT2D eigenvalue weighted by molar-refractivity contribution is 0.0600. The van der Waals surface area contributed by atoms with Crippen LogP contribution in [0.4, 0.5) is 0 Å². The lowest BCUT2D eigenvalue weighted by Gasteiger charge is -2.10. The third-order valence-electron chi connectivity index (χ3n) is 3.12. The van der Waals surface area contributed by atoms with E-state index in [2.05, 4.69) is 4.74 Å². The van der Waals surface area contributed by atoms with E-state index < -0.39 is 6.10 Å². The van der Waals surface area contributed by atoms with Crippen LogP contribution in [0.1, 0.15) is 34.5 Å². The van der Waals surface area contributed by atoms with Crippen molar-refractivity contribution < 1.29 is 19.4 Å². The highest BCUT2D eigenvalue weighted by molar-refractivity contribution is 5.89. The first-order valence-electron chi connectivity index (χ1n) is 6.68. The predicted octanol–water partition coefficient (Wildman–Crippen LogP) is 3.11. The van der Waals surface area contributed by atoms with Crippen molar-refractivity contribution in [3.05, 3.63) is 65.2 Å². The molecule has 0 fully saturated rings. The molecule has 0 aliphatic rings. The van der Waals surface area contributed by atoms with Gasteiger partial charge in [0.2, 0.25) is 0 Å². The Morgan fingerprint density at radius 2 is 1.90 bits per heavy atom. The molecule has 0 spiro atoms. The van der Waals surface area contributed by atoms with E-state index in [0.717, 1.165) is 11.1 Å². The van der Waals surface area contributed by atoms with Gasteiger partial charge >= 0.3 is 5.97 Å². The van der Waals surface area contributed by atoms with Gasteiger partial charge in [-0.05, 0) is 42.3 Å². The van der Waals surface area contributed by atoms with E-state index in [1.807, 2.05) is 36.4 Å². The largest absolute Gasteiger partial charge is 0.489 e. The van der Waals surface area contributed by atoms with Crippen LogP contribution in [0.3, 0.4) is 0 Å². The quantitative estimate of drug-likeness (QED) is 0.858. The minimum absolute atomic E-state index is 0.355. The van der Waals surface area contributed by atoms with Crippen molar-refractivity contribution in [2.24, 2.45) is 0 Å². The second kappa shape index (κ2) is 6.90. The summed E-state index contributed by atoms with van der Waals surface area (Å²) in [7, 11) is 1.36. The smallest absolute Gasteiger partial charge is 0.337 e. The zero-order chi connectivity index (χ0) is 15.2. The normalized spacial score (nSPS) is 11.8. The summed E-state index contributed by atoms with van der Waals surface area (Å²) in [6, 6.07) is 14.4. The first-order chi connectivity index (χ1) is 10.1. The molecule has 2 aromatic rings. The number of hydrogen-bond donors (Lipinski definition) is 1. The second-order valence-corrected chi connectivity index (χ2v) is 4.73. The molecule has 0 saturated carbocycles. The molecule has 0 aliphatic carbocycles. The van der Waals surface area contributed by atoms with E-state index in [4.69, 9.17) is 4.74 Å². The summed E-state index contributed by atoms with van der Waals surface area (Å²) in [5.41, 5.74) is 2.27. The van der Waals surface area contributed by atoms with Crippen molar-refractivity contribution in [2.75, 3.05) is 7.11 Å². The van der Waals surface area contributed by atoms with Crippen molar-refractivity contribution >= 4 is 5.97 Å². The van der Waals surface area contributed by atoms with Gasteiger partial charge in [0.1, 0.15) is 12.4 Å². The number of rotatable bonds is 5. The number of carbonyl (C=O) groups is 1. The van der Waals surface area contributed by atoms with Crippen LogP contribution in [0.25, 0.3) is 0 Å². The minimum Gasteiger partial charge on any atom is -0.489 e. The van der Waals surface area contributed by atoms with Crippen molar-refractivity contribution in [1.82, 2.24) is 0 Å². The van der Waals surface area contributed by atoms with Crippen LogP contribution in [0.15, 0.2) is 48.5 Å². The number of benzene rings is 2. The fourth-order valence-corrected chi connectivity index (χ4v) is 1.89. The first kappa shape index (κ1) is 15.1. The fourth-order valence-electron chi connectivity index (χ4n) is 1.89. The average Bonchev–Trinajstić information content (AvgIpc) is 2.53. The highest BCUT2D eigenvalue weighted by Crippen LogP contribution is 2.20. The second-order valence-electron chi connectivity index (χ2n) is 4.73. The summed E-state index contributed by atoms with van der Waals surface area (Å²) in [6.07, 6.45) is -0.520. The summed E-state index contributed by atoms with van der Waals surface area (Å²) in [5, 5.41) is 9.54. The molecular weight excluding hydrogens is 268 g/mol. The number of carbonyl (C=O) groups excluding carboxylic acids is 1. The van der Waals surface area contributed by atoms with E-state index in [9.17, 15) is 9.90 Å². The molecule has 0 heterocycles. The van der Waals surface area contributed by atoms with Gasteiger partial charge in [0, 0.05) is 0 Å². The number of esters is 1. The van der Waals surface area contributed by atoms with Gasteiger partial charge in [0.15, 0.2) is 0 Å². The lowest BCUT2D eigenvalue weighted by Crippen LogP contribution is -2.02. The van der Waals surface area contributed by atoms with Crippen LogP contribution in [0.5, 0.6) is 5.75 Å². The molecule has 2 rings (SSSR count). The zero-order valence-electron chi connectivity index (χ0n) is 12.1. The highest BCUT2D eigenvalue weighted by Gasteiger charge is 2.05. The van der Waals surface area contributed by atoms with Crippen LogP contribution in [-0.2, 0) is 11.3 Å². The van der Waals surface area contributed by atoms with E-state index >= 15 is 0 Å². The Morgan fingerprint density at radius 3 is 2.52 bits per heavy atom. The van der Waals surface area contributed by atoms with Crippen molar-refractivity contribution in [1.29, 1.82) is 0 Å². The number of methoxy groups -OCH3 is 1. The number of hydrogen-bond acceptors (Lipinski definition) is 4. The Labute approximate surface area is 123 Å². The molecule has 0 radical (unpaired) electrons. The topological polar surface area (TPSA) is 55.8 Å². The van der Waals surface area contributed by atoms with E-state index in [1.54, 1.807) is 19.1 Å². The van der Waals surface area contributed by atoms with E-state index in [-0.39, 0.29) is 5.97 Å². The van der Waals surface area contributed by atoms with Gasteiger partial charge in [-0.15, -0.1) is 0 Å². The molecule has 1 atom stereocenters. The predicted molar refractivity (Wildman–Crippen MR) is 79.2 cm³/mol. The molecule has 110 valence electrons. The van der Waals surface area contributed by atoms with Crippen molar-refractivity contribution in [3.63, 3.8) is 0 Å². The maximum Gasteiger partial charge on any atom is 0.337 e. The van der Waals surface area contributed by atoms with Gasteiger partial charge < -0.3 is 14.6 Å². The Morgan fingerprint density at radius 1 is 1.19 bits per heavy atom. The van der Waals surface area contributed by atoms with Crippen LogP contribution < -0.4 is 4.74 Å². The first-order valence-corrected chi connectivity index (χ1v) is 6.68. The highest BCUT2D eigenvalue weighted by atomic mass is 16.5. The molecule has 0 aliphatic heterocycles. The Balaban J connectivity index is 2.00. The van der Waals surface area contributed by atoms with Crippen LogP contribution in [0, 0.1) is 0 Å². The van der Waals surface area contributed by atoms with Crippen molar-refractivity contribution in [2.45, 2.75) is 19.6 Å². The monoisotopic (exact) mass is 286 g/mol. The Bertz CT molecular complexity index is 602. The third-order valence-corrected chi connectivity index (χ3v) is 3.12. The molecule has 1 N–H and O–H groups in total. The molecule has 0 saturated heterocycles. The van der Waals surface area contributed by atoms with Crippen LogP contribution in [0.2, 0.25) is 0 Å². The number of aliphatic hydroxyl groups excluding tert-OH is 1. The number of aliphatic hydroxyl groups is 1. The molecule has 4 heteroatoms. The van der Waals surface area contributed by atoms with Crippen LogP contribution in [-0.4, -0.2) is 18.2 Å².